The second-order valence-corrected chi connectivity index (χ2v) is 5.06. The van der Waals surface area contributed by atoms with Crippen molar-refractivity contribution in [3.8, 4) is 0 Å². The number of rotatable bonds is 8. The van der Waals surface area contributed by atoms with E-state index in [0.717, 1.165) is 31.8 Å². The van der Waals surface area contributed by atoms with Crippen LogP contribution in [0.2, 0.25) is 0 Å². The third-order valence-electron chi connectivity index (χ3n) is 3.33. The fourth-order valence-electron chi connectivity index (χ4n) is 2.05. The topological polar surface area (TPSA) is 24.8 Å². The molecular weight excluding hydrogens is 293 g/mol. The van der Waals surface area contributed by atoms with Crippen LogP contribution in [0, 0.1) is 0 Å². The lowest BCUT2D eigenvalue weighted by Crippen LogP contribution is -2.26. The molecule has 0 aliphatic heterocycles. The molecule has 0 saturated carbocycles. The van der Waals surface area contributed by atoms with Crippen molar-refractivity contribution in [3.63, 3.8) is 0 Å². The molecule has 0 fully saturated rings. The molecule has 1 rings (SSSR count). The van der Waals surface area contributed by atoms with Crippen LogP contribution in [0.25, 0.3) is 0 Å². The van der Waals surface area contributed by atoms with Crippen LogP contribution >= 0.6 is 0 Å². The van der Waals surface area contributed by atoms with Crippen LogP contribution in [0.4, 0.5) is 13.2 Å². The first-order valence-corrected chi connectivity index (χ1v) is 7.40. The molecule has 0 spiro atoms. The first-order valence-electron chi connectivity index (χ1n) is 7.40. The Balaban J connectivity index is 2.51. The Morgan fingerprint density at radius 3 is 2.50 bits per heavy atom. The average Bonchev–Trinajstić information content (AvgIpc) is 2.47. The average molecular weight is 316 g/mol. The number of oxime groups is 1. The summed E-state index contributed by atoms with van der Waals surface area (Å²) >= 11 is 0. The van der Waals surface area contributed by atoms with Gasteiger partial charge in [0.05, 0.1) is 11.3 Å². The molecule has 124 valence electrons. The van der Waals surface area contributed by atoms with Gasteiger partial charge in [-0.25, -0.2) is 0 Å². The van der Waals surface area contributed by atoms with Gasteiger partial charge in [0, 0.05) is 13.0 Å². The van der Waals surface area contributed by atoms with Gasteiger partial charge >= 0.3 is 6.18 Å². The van der Waals surface area contributed by atoms with E-state index in [-0.39, 0.29) is 0 Å². The number of hydrogen-bond donors (Lipinski definition) is 0. The molecule has 0 aliphatic carbocycles. The van der Waals surface area contributed by atoms with Gasteiger partial charge in [-0.2, -0.15) is 13.2 Å². The van der Waals surface area contributed by atoms with Crippen molar-refractivity contribution < 1.29 is 18.0 Å². The van der Waals surface area contributed by atoms with E-state index in [1.54, 1.807) is 13.0 Å². The molecule has 22 heavy (non-hydrogen) atoms. The van der Waals surface area contributed by atoms with Crippen molar-refractivity contribution >= 4 is 5.71 Å². The predicted octanol–water partition coefficient (Wildman–Crippen LogP) is 3.98. The van der Waals surface area contributed by atoms with Gasteiger partial charge in [-0.1, -0.05) is 37.2 Å². The SMILES string of the molecule is CCN(CC)CCO/N=C(/C)Cc1cccc(C(F)(F)F)c1. The first-order chi connectivity index (χ1) is 10.4. The third-order valence-corrected chi connectivity index (χ3v) is 3.33. The van der Waals surface area contributed by atoms with Crippen molar-refractivity contribution in [2.75, 3.05) is 26.2 Å². The van der Waals surface area contributed by atoms with E-state index < -0.39 is 11.7 Å². The highest BCUT2D eigenvalue weighted by atomic mass is 19.4. The summed E-state index contributed by atoms with van der Waals surface area (Å²) in [7, 11) is 0. The summed E-state index contributed by atoms with van der Waals surface area (Å²) in [5.74, 6) is 0. The summed E-state index contributed by atoms with van der Waals surface area (Å²) in [5.41, 5.74) is 0.586. The Kier molecular flexibility index (Phi) is 7.38. The molecule has 3 nitrogen and oxygen atoms in total. The fraction of sp³-hybridized carbons (Fsp3) is 0.562. The number of nitrogens with zero attached hydrogens (tertiary/aromatic N) is 2. The lowest BCUT2D eigenvalue weighted by molar-refractivity contribution is -0.137. The maximum absolute atomic E-state index is 12.6. The van der Waals surface area contributed by atoms with Crippen LogP contribution in [0.1, 0.15) is 31.9 Å². The van der Waals surface area contributed by atoms with Crippen molar-refractivity contribution in [2.45, 2.75) is 33.4 Å². The molecule has 0 atom stereocenters. The van der Waals surface area contributed by atoms with Crippen LogP contribution in [-0.4, -0.2) is 36.9 Å². The van der Waals surface area contributed by atoms with Gasteiger partial charge in [-0.3, -0.25) is 0 Å². The molecule has 1 aromatic rings. The van der Waals surface area contributed by atoms with Crippen molar-refractivity contribution in [1.82, 2.24) is 4.90 Å². The smallest absolute Gasteiger partial charge is 0.394 e. The quantitative estimate of drug-likeness (QED) is 0.412. The third kappa shape index (κ3) is 6.47. The Morgan fingerprint density at radius 1 is 1.23 bits per heavy atom. The van der Waals surface area contributed by atoms with Crippen LogP contribution in [0.15, 0.2) is 29.4 Å². The minimum atomic E-state index is -4.32. The van der Waals surface area contributed by atoms with Gasteiger partial charge in [0.1, 0.15) is 6.61 Å². The molecule has 0 radical (unpaired) electrons. The van der Waals surface area contributed by atoms with Gasteiger partial charge in [-0.05, 0) is 31.6 Å². The minimum Gasteiger partial charge on any atom is -0.394 e. The van der Waals surface area contributed by atoms with Gasteiger partial charge in [0.2, 0.25) is 0 Å². The molecule has 0 unspecified atom stereocenters. The van der Waals surface area contributed by atoms with Gasteiger partial charge < -0.3 is 9.74 Å². The molecule has 0 heterocycles. The van der Waals surface area contributed by atoms with E-state index in [4.69, 9.17) is 4.84 Å². The van der Waals surface area contributed by atoms with Crippen LogP contribution in [0.5, 0.6) is 0 Å². The molecule has 0 amide bonds. The molecule has 0 aromatic heterocycles. The molecule has 1 aromatic carbocycles. The summed E-state index contributed by atoms with van der Waals surface area (Å²) in [5, 5.41) is 3.96. The van der Waals surface area contributed by atoms with Crippen molar-refractivity contribution in [1.29, 1.82) is 0 Å². The second kappa shape index (κ2) is 8.78. The molecule has 0 aliphatic rings. The molecular formula is C16H23F3N2O. The molecule has 6 heteroatoms. The largest absolute Gasteiger partial charge is 0.416 e. The zero-order chi connectivity index (χ0) is 16.6. The van der Waals surface area contributed by atoms with E-state index in [9.17, 15) is 13.2 Å². The zero-order valence-corrected chi connectivity index (χ0v) is 13.3. The second-order valence-electron chi connectivity index (χ2n) is 5.06. The number of likely N-dealkylation sites (N-methyl/N-ethyl adjacent to an activating group) is 1. The van der Waals surface area contributed by atoms with Gasteiger partial charge in [-0.15, -0.1) is 0 Å². The van der Waals surface area contributed by atoms with Crippen LogP contribution in [0.3, 0.4) is 0 Å². The van der Waals surface area contributed by atoms with E-state index in [0.29, 0.717) is 24.3 Å². The maximum Gasteiger partial charge on any atom is 0.416 e. The highest BCUT2D eigenvalue weighted by molar-refractivity contribution is 5.83. The molecule has 0 saturated heterocycles. The summed E-state index contributed by atoms with van der Waals surface area (Å²) in [4.78, 5) is 7.43. The number of benzene rings is 1. The predicted molar refractivity (Wildman–Crippen MR) is 82.0 cm³/mol. The lowest BCUT2D eigenvalue weighted by Gasteiger charge is -2.16. The van der Waals surface area contributed by atoms with Crippen LogP contribution in [-0.2, 0) is 17.4 Å². The Morgan fingerprint density at radius 2 is 1.91 bits per heavy atom. The van der Waals surface area contributed by atoms with Crippen LogP contribution < -0.4 is 0 Å². The molecule has 0 bridgehead atoms. The summed E-state index contributed by atoms with van der Waals surface area (Å²) in [6, 6.07) is 5.28. The fourth-order valence-corrected chi connectivity index (χ4v) is 2.05. The summed E-state index contributed by atoms with van der Waals surface area (Å²) in [6.07, 6.45) is -3.98. The first kappa shape index (κ1) is 18.5. The van der Waals surface area contributed by atoms with E-state index >= 15 is 0 Å². The lowest BCUT2D eigenvalue weighted by atomic mass is 10.1. The zero-order valence-electron chi connectivity index (χ0n) is 13.3. The highest BCUT2D eigenvalue weighted by Crippen LogP contribution is 2.29. The highest BCUT2D eigenvalue weighted by Gasteiger charge is 2.30. The van der Waals surface area contributed by atoms with E-state index in [2.05, 4.69) is 23.9 Å². The Hall–Kier alpha value is -1.56. The van der Waals surface area contributed by atoms with Gasteiger partial charge in [0.15, 0.2) is 0 Å². The van der Waals surface area contributed by atoms with Gasteiger partial charge in [0.25, 0.3) is 0 Å². The normalized spacial score (nSPS) is 12.8. The standard InChI is InChI=1S/C16H23F3N2O/c1-4-21(5-2)9-10-22-20-13(3)11-14-7-6-8-15(12-14)16(17,18)19/h6-8,12H,4-5,9-11H2,1-3H3/b20-13-. The van der Waals surface area contributed by atoms with E-state index in [1.807, 2.05) is 0 Å². The summed E-state index contributed by atoms with van der Waals surface area (Å²) in [6.45, 7) is 9.06. The number of hydrogen-bond acceptors (Lipinski definition) is 3. The summed E-state index contributed by atoms with van der Waals surface area (Å²) < 4.78 is 37.9. The number of halogens is 3. The minimum absolute atomic E-state index is 0.342. The Labute approximate surface area is 129 Å². The number of alkyl halides is 3. The monoisotopic (exact) mass is 316 g/mol. The van der Waals surface area contributed by atoms with E-state index in [1.165, 1.54) is 6.07 Å². The Bertz CT molecular complexity index is 483. The van der Waals surface area contributed by atoms with Crippen molar-refractivity contribution in [2.24, 2.45) is 5.16 Å². The van der Waals surface area contributed by atoms with Crippen molar-refractivity contribution in [3.05, 3.63) is 35.4 Å². The molecule has 0 N–H and O–H groups in total. The maximum atomic E-state index is 12.6.